The number of aryl methyl sites for hydroxylation is 1. The molecule has 21 heavy (non-hydrogen) atoms. The number of hydrogen-bond acceptors (Lipinski definition) is 3. The molecule has 6 heteroatoms. The first-order valence-corrected chi connectivity index (χ1v) is 6.25. The minimum atomic E-state index is -0.482. The summed E-state index contributed by atoms with van der Waals surface area (Å²) in [5.41, 5.74) is 1.51. The van der Waals surface area contributed by atoms with Gasteiger partial charge in [0.25, 0.3) is 11.6 Å². The highest BCUT2D eigenvalue weighted by atomic mass is 19.1. The quantitative estimate of drug-likeness (QED) is 0.694. The Morgan fingerprint density at radius 2 is 1.90 bits per heavy atom. The molecule has 1 amide bonds. The molecular weight excluding hydrogens is 275 g/mol. The van der Waals surface area contributed by atoms with Gasteiger partial charge in [-0.2, -0.15) is 0 Å². The molecule has 5 nitrogen and oxygen atoms in total. The lowest BCUT2D eigenvalue weighted by atomic mass is 10.1. The second kappa shape index (κ2) is 6.13. The Morgan fingerprint density at radius 1 is 1.24 bits per heavy atom. The molecular formula is C15H13FN2O3. The molecule has 0 aliphatic rings. The van der Waals surface area contributed by atoms with Crippen molar-refractivity contribution in [1.82, 2.24) is 5.32 Å². The third kappa shape index (κ3) is 3.62. The van der Waals surface area contributed by atoms with Crippen LogP contribution in [0.5, 0.6) is 0 Å². The lowest BCUT2D eigenvalue weighted by molar-refractivity contribution is -0.384. The fourth-order valence-electron chi connectivity index (χ4n) is 1.81. The van der Waals surface area contributed by atoms with Gasteiger partial charge in [0.05, 0.1) is 4.92 Å². The smallest absolute Gasteiger partial charge is 0.269 e. The number of benzene rings is 2. The number of carbonyl (C=O) groups is 1. The zero-order valence-corrected chi connectivity index (χ0v) is 11.3. The van der Waals surface area contributed by atoms with Crippen LogP contribution < -0.4 is 5.32 Å². The maximum atomic E-state index is 13.1. The third-order valence-electron chi connectivity index (χ3n) is 3.02. The summed E-state index contributed by atoms with van der Waals surface area (Å²) < 4.78 is 13.1. The largest absolute Gasteiger partial charge is 0.348 e. The molecule has 0 unspecified atom stereocenters. The number of non-ortho nitro benzene ring substituents is 1. The van der Waals surface area contributed by atoms with Crippen LogP contribution in [0.25, 0.3) is 0 Å². The van der Waals surface area contributed by atoms with Gasteiger partial charge in [0.1, 0.15) is 5.82 Å². The van der Waals surface area contributed by atoms with Gasteiger partial charge in [-0.05, 0) is 36.2 Å². The lowest BCUT2D eigenvalue weighted by Crippen LogP contribution is -2.22. The van der Waals surface area contributed by atoms with E-state index in [1.54, 1.807) is 19.1 Å². The van der Waals surface area contributed by atoms with Crippen molar-refractivity contribution in [3.05, 3.63) is 75.1 Å². The first-order valence-electron chi connectivity index (χ1n) is 6.25. The Bertz CT molecular complexity index is 684. The molecule has 0 radical (unpaired) electrons. The van der Waals surface area contributed by atoms with E-state index in [-0.39, 0.29) is 24.0 Å². The van der Waals surface area contributed by atoms with Gasteiger partial charge < -0.3 is 5.32 Å². The summed E-state index contributed by atoms with van der Waals surface area (Å²) in [5.74, 6) is -0.682. The van der Waals surface area contributed by atoms with E-state index < -0.39 is 4.92 Å². The molecule has 0 saturated heterocycles. The molecule has 0 aromatic heterocycles. The highest BCUT2D eigenvalue weighted by Gasteiger charge is 2.08. The molecule has 2 aromatic carbocycles. The molecule has 0 atom stereocenters. The number of carbonyl (C=O) groups excluding carboxylic acids is 1. The summed E-state index contributed by atoms with van der Waals surface area (Å²) in [6, 6.07) is 10.0. The number of nitro benzene ring substituents is 1. The number of nitrogens with zero attached hydrogens (tertiary/aromatic N) is 1. The van der Waals surface area contributed by atoms with E-state index in [9.17, 15) is 19.3 Å². The van der Waals surface area contributed by atoms with Crippen molar-refractivity contribution in [2.24, 2.45) is 0 Å². The predicted molar refractivity (Wildman–Crippen MR) is 75.4 cm³/mol. The SMILES string of the molecule is Cc1cc(C(=O)NCc2ccc([N+](=O)[O-])cc2)ccc1F. The zero-order chi connectivity index (χ0) is 15.4. The van der Waals surface area contributed by atoms with Crippen molar-refractivity contribution >= 4 is 11.6 Å². The summed E-state index contributed by atoms with van der Waals surface area (Å²) in [6.45, 7) is 1.83. The fourth-order valence-corrected chi connectivity index (χ4v) is 1.81. The zero-order valence-electron chi connectivity index (χ0n) is 11.3. The molecule has 108 valence electrons. The average molecular weight is 288 g/mol. The number of nitro groups is 1. The van der Waals surface area contributed by atoms with Crippen LogP contribution in [0.4, 0.5) is 10.1 Å². The van der Waals surface area contributed by atoms with E-state index in [4.69, 9.17) is 0 Å². The minimum Gasteiger partial charge on any atom is -0.348 e. The van der Waals surface area contributed by atoms with E-state index >= 15 is 0 Å². The Balaban J connectivity index is 2.00. The second-order valence-corrected chi connectivity index (χ2v) is 4.57. The molecule has 1 N–H and O–H groups in total. The van der Waals surface area contributed by atoms with E-state index in [2.05, 4.69) is 5.32 Å². The topological polar surface area (TPSA) is 72.2 Å². The van der Waals surface area contributed by atoms with E-state index in [0.29, 0.717) is 11.1 Å². The van der Waals surface area contributed by atoms with Crippen LogP contribution >= 0.6 is 0 Å². The van der Waals surface area contributed by atoms with Crippen LogP contribution in [0.1, 0.15) is 21.5 Å². The molecule has 0 spiro atoms. The highest BCUT2D eigenvalue weighted by Crippen LogP contribution is 2.12. The van der Waals surface area contributed by atoms with Crippen molar-refractivity contribution in [2.45, 2.75) is 13.5 Å². The maximum Gasteiger partial charge on any atom is 0.269 e. The number of rotatable bonds is 4. The minimum absolute atomic E-state index is 0.000707. The van der Waals surface area contributed by atoms with E-state index in [1.165, 1.54) is 30.3 Å². The summed E-state index contributed by atoms with van der Waals surface area (Å²) in [6.07, 6.45) is 0. The number of amides is 1. The Morgan fingerprint density at radius 3 is 2.48 bits per heavy atom. The number of halogens is 1. The van der Waals surface area contributed by atoms with Gasteiger partial charge in [-0.3, -0.25) is 14.9 Å². The van der Waals surface area contributed by atoms with Gasteiger partial charge in [0.15, 0.2) is 0 Å². The molecule has 0 aliphatic heterocycles. The van der Waals surface area contributed by atoms with E-state index in [1.807, 2.05) is 0 Å². The van der Waals surface area contributed by atoms with Crippen LogP contribution in [0, 0.1) is 22.9 Å². The van der Waals surface area contributed by atoms with Gasteiger partial charge in [0.2, 0.25) is 0 Å². The van der Waals surface area contributed by atoms with Crippen LogP contribution in [-0.4, -0.2) is 10.8 Å². The van der Waals surface area contributed by atoms with Crippen molar-refractivity contribution in [3.8, 4) is 0 Å². The van der Waals surface area contributed by atoms with Gasteiger partial charge in [-0.25, -0.2) is 4.39 Å². The number of hydrogen-bond donors (Lipinski definition) is 1. The summed E-state index contributed by atoms with van der Waals surface area (Å²) >= 11 is 0. The first-order chi connectivity index (χ1) is 9.97. The van der Waals surface area contributed by atoms with Gasteiger partial charge in [-0.1, -0.05) is 12.1 Å². The van der Waals surface area contributed by atoms with Crippen molar-refractivity contribution in [3.63, 3.8) is 0 Å². The van der Waals surface area contributed by atoms with Crippen molar-refractivity contribution < 1.29 is 14.1 Å². The maximum absolute atomic E-state index is 13.1. The molecule has 0 fully saturated rings. The monoisotopic (exact) mass is 288 g/mol. The lowest BCUT2D eigenvalue weighted by Gasteiger charge is -2.06. The standard InChI is InChI=1S/C15H13FN2O3/c1-10-8-12(4-7-14(10)16)15(19)17-9-11-2-5-13(6-3-11)18(20)21/h2-8H,9H2,1H3,(H,17,19). The van der Waals surface area contributed by atoms with Gasteiger partial charge >= 0.3 is 0 Å². The Labute approximate surface area is 120 Å². The van der Waals surface area contributed by atoms with Crippen molar-refractivity contribution in [2.75, 3.05) is 0 Å². The van der Waals surface area contributed by atoms with Crippen LogP contribution in [0.3, 0.4) is 0 Å². The molecule has 0 saturated carbocycles. The van der Waals surface area contributed by atoms with Crippen LogP contribution in [-0.2, 0) is 6.54 Å². The summed E-state index contributed by atoms with van der Waals surface area (Å²) in [7, 11) is 0. The van der Waals surface area contributed by atoms with Gasteiger partial charge in [-0.15, -0.1) is 0 Å². The Hall–Kier alpha value is -2.76. The van der Waals surface area contributed by atoms with Crippen LogP contribution in [0.2, 0.25) is 0 Å². The normalized spacial score (nSPS) is 10.2. The van der Waals surface area contributed by atoms with Crippen molar-refractivity contribution in [1.29, 1.82) is 0 Å². The van der Waals surface area contributed by atoms with Crippen LogP contribution in [0.15, 0.2) is 42.5 Å². The fraction of sp³-hybridized carbons (Fsp3) is 0.133. The first kappa shape index (κ1) is 14.6. The molecule has 2 rings (SSSR count). The summed E-state index contributed by atoms with van der Waals surface area (Å²) in [5, 5.41) is 13.2. The highest BCUT2D eigenvalue weighted by molar-refractivity contribution is 5.94. The predicted octanol–water partition coefficient (Wildman–Crippen LogP) is 2.97. The van der Waals surface area contributed by atoms with E-state index in [0.717, 1.165) is 5.56 Å². The van der Waals surface area contributed by atoms with Gasteiger partial charge in [0, 0.05) is 24.2 Å². The Kier molecular flexibility index (Phi) is 4.27. The second-order valence-electron chi connectivity index (χ2n) is 4.57. The molecule has 0 bridgehead atoms. The molecule has 2 aromatic rings. The average Bonchev–Trinajstić information content (AvgIpc) is 2.48. The molecule has 0 heterocycles. The molecule has 0 aliphatic carbocycles. The number of nitrogens with one attached hydrogen (secondary N) is 1. The third-order valence-corrected chi connectivity index (χ3v) is 3.02. The summed E-state index contributed by atoms with van der Waals surface area (Å²) in [4.78, 5) is 22.0.